The highest BCUT2D eigenvalue weighted by Crippen LogP contribution is 2.59. The largest absolute Gasteiger partial charge is 0.506 e. The molecule has 0 spiro atoms. The molecule has 4 aliphatic rings. The lowest BCUT2D eigenvalue weighted by Crippen LogP contribution is -2.43. The number of nitrogens with one attached hydrogen (secondary N) is 1. The van der Waals surface area contributed by atoms with E-state index in [2.05, 4.69) is 17.4 Å². The second-order valence-electron chi connectivity index (χ2n) is 9.40. The third-order valence-corrected chi connectivity index (χ3v) is 7.38. The number of rotatable bonds is 6. The summed E-state index contributed by atoms with van der Waals surface area (Å²) in [5.74, 6) is 3.03. The maximum Gasteiger partial charge on any atom is 0.335 e. The van der Waals surface area contributed by atoms with Crippen molar-refractivity contribution in [2.75, 3.05) is 11.9 Å². The number of anilines is 1. The highest BCUT2D eigenvalue weighted by atomic mass is 16.5. The predicted molar refractivity (Wildman–Crippen MR) is 115 cm³/mol. The van der Waals surface area contributed by atoms with Crippen molar-refractivity contribution in [1.29, 1.82) is 0 Å². The van der Waals surface area contributed by atoms with Crippen molar-refractivity contribution in [3.8, 4) is 11.5 Å². The minimum Gasteiger partial charge on any atom is -0.506 e. The highest BCUT2D eigenvalue weighted by molar-refractivity contribution is 5.96. The first kappa shape index (κ1) is 19.9. The van der Waals surface area contributed by atoms with Crippen LogP contribution in [0.2, 0.25) is 0 Å². The number of carboxylic acids is 1. The van der Waals surface area contributed by atoms with E-state index in [9.17, 15) is 14.7 Å². The molecular formula is C25H27NO5. The summed E-state index contributed by atoms with van der Waals surface area (Å²) >= 11 is 0. The molecule has 162 valence electrons. The van der Waals surface area contributed by atoms with Crippen molar-refractivity contribution < 1.29 is 24.5 Å². The lowest BCUT2D eigenvalue weighted by molar-refractivity contribution is -0.118. The highest BCUT2D eigenvalue weighted by Gasteiger charge is 2.48. The summed E-state index contributed by atoms with van der Waals surface area (Å²) in [6.45, 7) is -0.228. The van der Waals surface area contributed by atoms with Gasteiger partial charge in [0.2, 0.25) is 0 Å². The van der Waals surface area contributed by atoms with Crippen molar-refractivity contribution >= 4 is 17.6 Å². The molecule has 31 heavy (non-hydrogen) atoms. The van der Waals surface area contributed by atoms with Crippen molar-refractivity contribution in [3.05, 3.63) is 53.6 Å². The standard InChI is InChI=1S/C25H27NO5/c27-22-6-3-17(25(29)30)12-21(22)26-23(28)13-31-20-4-1-16(2-5-20)24-18-8-14-7-15(10-18)11-19(24)9-14/h1-6,12,14-15,18-19,24,27H,7-11,13H2,(H,26,28)(H,29,30). The van der Waals surface area contributed by atoms with Gasteiger partial charge >= 0.3 is 5.97 Å². The fraction of sp³-hybridized carbons (Fsp3) is 0.440. The van der Waals surface area contributed by atoms with Gasteiger partial charge in [-0.05, 0) is 97.6 Å². The monoisotopic (exact) mass is 421 g/mol. The number of aromatic carboxylic acids is 1. The van der Waals surface area contributed by atoms with E-state index in [0.717, 1.165) is 23.7 Å². The van der Waals surface area contributed by atoms with E-state index in [0.29, 0.717) is 11.7 Å². The van der Waals surface area contributed by atoms with Crippen molar-refractivity contribution in [2.24, 2.45) is 23.7 Å². The molecule has 4 fully saturated rings. The Balaban J connectivity index is 1.19. The maximum absolute atomic E-state index is 12.2. The second-order valence-corrected chi connectivity index (χ2v) is 9.40. The van der Waals surface area contributed by atoms with Crippen LogP contribution in [0, 0.1) is 23.7 Å². The van der Waals surface area contributed by atoms with Crippen molar-refractivity contribution in [3.63, 3.8) is 0 Å². The van der Waals surface area contributed by atoms with Gasteiger partial charge in [0, 0.05) is 0 Å². The van der Waals surface area contributed by atoms with Crippen LogP contribution >= 0.6 is 0 Å². The number of carboxylic acid groups (broad SMARTS) is 1. The van der Waals surface area contributed by atoms with Gasteiger partial charge in [0.15, 0.2) is 6.61 Å². The average molecular weight is 421 g/mol. The molecule has 6 heteroatoms. The van der Waals surface area contributed by atoms with E-state index < -0.39 is 11.9 Å². The lowest BCUT2D eigenvalue weighted by atomic mass is 9.51. The quantitative estimate of drug-likeness (QED) is 0.590. The van der Waals surface area contributed by atoms with Crippen LogP contribution in [0.15, 0.2) is 42.5 Å². The lowest BCUT2D eigenvalue weighted by Gasteiger charge is -2.54. The molecule has 0 heterocycles. The van der Waals surface area contributed by atoms with Crippen molar-refractivity contribution in [2.45, 2.75) is 38.0 Å². The molecule has 4 aliphatic carbocycles. The van der Waals surface area contributed by atoms with Crippen LogP contribution < -0.4 is 10.1 Å². The van der Waals surface area contributed by atoms with Gasteiger partial charge in [-0.2, -0.15) is 0 Å². The summed E-state index contributed by atoms with van der Waals surface area (Å²) in [6.07, 6.45) is 6.98. The zero-order valence-electron chi connectivity index (χ0n) is 17.3. The van der Waals surface area contributed by atoms with Gasteiger partial charge in [0.1, 0.15) is 11.5 Å². The van der Waals surface area contributed by atoms with Gasteiger partial charge in [-0.25, -0.2) is 4.79 Å². The first-order valence-electron chi connectivity index (χ1n) is 11.0. The SMILES string of the molecule is O=C(COc1ccc(C2C3CC4CC(C3)CC2C4)cc1)Nc1cc(C(=O)O)ccc1O. The summed E-state index contributed by atoms with van der Waals surface area (Å²) < 4.78 is 5.61. The van der Waals surface area contributed by atoms with Crippen LogP contribution in [0.25, 0.3) is 0 Å². The Hall–Kier alpha value is -3.02. The molecule has 0 aliphatic heterocycles. The predicted octanol–water partition coefficient (Wildman–Crippen LogP) is 4.65. The number of amides is 1. The summed E-state index contributed by atoms with van der Waals surface area (Å²) in [5, 5.41) is 21.4. The Morgan fingerprint density at radius 2 is 1.58 bits per heavy atom. The van der Waals surface area contributed by atoms with E-state index in [4.69, 9.17) is 9.84 Å². The summed E-state index contributed by atoms with van der Waals surface area (Å²) in [6, 6.07) is 11.9. The average Bonchev–Trinajstić information content (AvgIpc) is 2.74. The van der Waals surface area contributed by atoms with Crippen LogP contribution in [0.4, 0.5) is 5.69 Å². The zero-order valence-corrected chi connectivity index (χ0v) is 17.3. The molecule has 0 atom stereocenters. The number of phenols is 1. The molecule has 6 rings (SSSR count). The molecule has 0 unspecified atom stereocenters. The molecule has 1 amide bonds. The third kappa shape index (κ3) is 3.99. The van der Waals surface area contributed by atoms with E-state index in [1.54, 1.807) is 0 Å². The van der Waals surface area contributed by atoms with E-state index in [1.807, 2.05) is 12.1 Å². The number of aromatic hydroxyl groups is 1. The van der Waals surface area contributed by atoms with Crippen LogP contribution in [0.1, 0.15) is 53.9 Å². The number of ether oxygens (including phenoxy) is 1. The summed E-state index contributed by atoms with van der Waals surface area (Å²) in [4.78, 5) is 23.3. The molecule has 4 saturated carbocycles. The molecule has 3 N–H and O–H groups in total. The van der Waals surface area contributed by atoms with Gasteiger partial charge in [0.05, 0.1) is 11.3 Å². The van der Waals surface area contributed by atoms with E-state index >= 15 is 0 Å². The van der Waals surface area contributed by atoms with Crippen LogP contribution in [0.5, 0.6) is 11.5 Å². The fourth-order valence-electron chi connectivity index (χ4n) is 6.36. The molecule has 4 bridgehead atoms. The number of phenolic OH excluding ortho intramolecular Hbond substituents is 1. The molecule has 0 aromatic heterocycles. The molecule has 2 aromatic rings. The summed E-state index contributed by atoms with van der Waals surface area (Å²) in [5.41, 5.74) is 1.42. The minimum atomic E-state index is -1.13. The number of hydrogen-bond donors (Lipinski definition) is 3. The Kier molecular flexibility index (Phi) is 5.08. The fourth-order valence-corrected chi connectivity index (χ4v) is 6.36. The Bertz CT molecular complexity index is 971. The molecule has 6 nitrogen and oxygen atoms in total. The molecule has 0 radical (unpaired) electrons. The molecular weight excluding hydrogens is 394 g/mol. The topological polar surface area (TPSA) is 95.9 Å². The normalized spacial score (nSPS) is 28.3. The molecule has 0 saturated heterocycles. The zero-order chi connectivity index (χ0) is 21.5. The van der Waals surface area contributed by atoms with E-state index in [1.165, 1.54) is 55.9 Å². The van der Waals surface area contributed by atoms with Gasteiger partial charge < -0.3 is 20.3 Å². The number of hydrogen-bond acceptors (Lipinski definition) is 4. The first-order valence-corrected chi connectivity index (χ1v) is 11.0. The second kappa shape index (κ2) is 7.91. The number of carbonyl (C=O) groups is 2. The van der Waals surface area contributed by atoms with Crippen LogP contribution in [0.3, 0.4) is 0 Å². The van der Waals surface area contributed by atoms with Crippen LogP contribution in [-0.4, -0.2) is 28.7 Å². The van der Waals surface area contributed by atoms with Gasteiger partial charge in [-0.1, -0.05) is 12.1 Å². The minimum absolute atomic E-state index is 0.0191. The van der Waals surface area contributed by atoms with Gasteiger partial charge in [-0.15, -0.1) is 0 Å². The Morgan fingerprint density at radius 1 is 0.935 bits per heavy atom. The van der Waals surface area contributed by atoms with Crippen LogP contribution in [-0.2, 0) is 4.79 Å². The number of benzene rings is 2. The summed E-state index contributed by atoms with van der Waals surface area (Å²) in [7, 11) is 0. The van der Waals surface area contributed by atoms with Gasteiger partial charge in [-0.3, -0.25) is 4.79 Å². The third-order valence-electron chi connectivity index (χ3n) is 7.38. The van der Waals surface area contributed by atoms with Crippen molar-refractivity contribution in [1.82, 2.24) is 0 Å². The first-order chi connectivity index (χ1) is 15.0. The smallest absolute Gasteiger partial charge is 0.335 e. The number of carbonyl (C=O) groups excluding carboxylic acids is 1. The van der Waals surface area contributed by atoms with E-state index in [-0.39, 0.29) is 23.6 Å². The van der Waals surface area contributed by atoms with Gasteiger partial charge in [0.25, 0.3) is 5.91 Å². The Labute approximate surface area is 181 Å². The Morgan fingerprint density at radius 3 is 2.19 bits per heavy atom. The maximum atomic E-state index is 12.2. The molecule has 2 aromatic carbocycles.